The van der Waals surface area contributed by atoms with E-state index in [4.69, 9.17) is 0 Å². The average Bonchev–Trinajstić information content (AvgIpc) is 2.66. The Balaban J connectivity index is 1.77. The number of aryl methyl sites for hydroxylation is 1. The van der Waals surface area contributed by atoms with Crippen LogP contribution in [-0.4, -0.2) is 54.1 Å². The van der Waals surface area contributed by atoms with Crippen LogP contribution in [0.4, 0.5) is 24.9 Å². The van der Waals surface area contributed by atoms with E-state index in [1.165, 1.54) is 6.92 Å². The molecule has 0 saturated carbocycles. The van der Waals surface area contributed by atoms with Gasteiger partial charge >= 0.3 is 6.18 Å². The van der Waals surface area contributed by atoms with Crippen molar-refractivity contribution in [1.82, 2.24) is 20.3 Å². The van der Waals surface area contributed by atoms with Gasteiger partial charge in [-0.1, -0.05) is 0 Å². The molecule has 1 N–H and O–H groups in total. The largest absolute Gasteiger partial charge is 0.433 e. The first-order valence-corrected chi connectivity index (χ1v) is 8.39. The van der Waals surface area contributed by atoms with Crippen molar-refractivity contribution >= 4 is 17.7 Å². The van der Waals surface area contributed by atoms with Crippen molar-refractivity contribution in [3.63, 3.8) is 0 Å². The highest BCUT2D eigenvalue weighted by Gasteiger charge is 2.34. The minimum Gasteiger partial charge on any atom is -0.355 e. The number of carbonyl (C=O) groups excluding carboxylic acids is 1. The van der Waals surface area contributed by atoms with Crippen LogP contribution in [0.1, 0.15) is 21.7 Å². The topological polar surface area (TPSA) is 74.2 Å². The van der Waals surface area contributed by atoms with E-state index in [1.807, 2.05) is 4.90 Å². The third-order valence-corrected chi connectivity index (χ3v) is 4.25. The van der Waals surface area contributed by atoms with Crippen molar-refractivity contribution in [3.05, 3.63) is 41.3 Å². The Bertz CT molecular complexity index is 834. The fourth-order valence-corrected chi connectivity index (χ4v) is 2.92. The number of hydrogen-bond acceptors (Lipinski definition) is 6. The van der Waals surface area contributed by atoms with Crippen LogP contribution in [-0.2, 0) is 6.18 Å². The van der Waals surface area contributed by atoms with Crippen molar-refractivity contribution in [3.8, 4) is 0 Å². The molecule has 1 fully saturated rings. The second-order valence-electron chi connectivity index (χ2n) is 6.12. The van der Waals surface area contributed by atoms with E-state index >= 15 is 0 Å². The Kier molecular flexibility index (Phi) is 5.15. The number of anilines is 2. The second-order valence-corrected chi connectivity index (χ2v) is 6.12. The third-order valence-electron chi connectivity index (χ3n) is 4.25. The molecule has 144 valence electrons. The summed E-state index contributed by atoms with van der Waals surface area (Å²) in [5.74, 6) is 0.379. The predicted molar refractivity (Wildman–Crippen MR) is 93.8 cm³/mol. The van der Waals surface area contributed by atoms with E-state index in [1.54, 1.807) is 30.3 Å². The van der Waals surface area contributed by atoms with Gasteiger partial charge in [0, 0.05) is 45.1 Å². The minimum absolute atomic E-state index is 0.0644. The summed E-state index contributed by atoms with van der Waals surface area (Å²) in [5.41, 5.74) is -0.222. The summed E-state index contributed by atoms with van der Waals surface area (Å²) in [4.78, 5) is 27.8. The highest BCUT2D eigenvalue weighted by Crippen LogP contribution is 2.29. The Hall–Kier alpha value is -2.91. The van der Waals surface area contributed by atoms with Crippen LogP contribution in [0.15, 0.2) is 24.4 Å². The number of piperazine rings is 1. The van der Waals surface area contributed by atoms with Crippen LogP contribution >= 0.6 is 0 Å². The normalized spacial score (nSPS) is 15.0. The first kappa shape index (κ1) is 18.9. The first-order valence-electron chi connectivity index (χ1n) is 8.39. The lowest BCUT2D eigenvalue weighted by atomic mass is 10.2. The molecule has 27 heavy (non-hydrogen) atoms. The quantitative estimate of drug-likeness (QED) is 0.877. The van der Waals surface area contributed by atoms with E-state index in [0.29, 0.717) is 37.6 Å². The molecule has 2 aromatic rings. The summed E-state index contributed by atoms with van der Waals surface area (Å²) < 4.78 is 39.0. The van der Waals surface area contributed by atoms with E-state index in [0.717, 1.165) is 6.07 Å². The van der Waals surface area contributed by atoms with Gasteiger partial charge in [-0.15, -0.1) is 0 Å². The van der Waals surface area contributed by atoms with Gasteiger partial charge in [0.25, 0.3) is 5.91 Å². The molecule has 10 heteroatoms. The van der Waals surface area contributed by atoms with Gasteiger partial charge in [-0.2, -0.15) is 13.2 Å². The van der Waals surface area contributed by atoms with Crippen molar-refractivity contribution in [2.45, 2.75) is 13.1 Å². The van der Waals surface area contributed by atoms with Crippen molar-refractivity contribution in [1.29, 1.82) is 0 Å². The SMILES string of the molecule is CNC(=O)c1cccnc1N1CCN(c2nc(C)cc(C(F)(F)F)n2)CC1. The number of amides is 1. The number of aromatic nitrogens is 3. The molecule has 0 aromatic carbocycles. The van der Waals surface area contributed by atoms with Gasteiger partial charge in [0.1, 0.15) is 11.5 Å². The maximum Gasteiger partial charge on any atom is 0.433 e. The highest BCUT2D eigenvalue weighted by atomic mass is 19.4. The highest BCUT2D eigenvalue weighted by molar-refractivity contribution is 5.98. The van der Waals surface area contributed by atoms with E-state index in [9.17, 15) is 18.0 Å². The van der Waals surface area contributed by atoms with Crippen molar-refractivity contribution < 1.29 is 18.0 Å². The molecule has 0 bridgehead atoms. The second kappa shape index (κ2) is 7.37. The smallest absolute Gasteiger partial charge is 0.355 e. The first-order chi connectivity index (χ1) is 12.8. The number of nitrogens with zero attached hydrogens (tertiary/aromatic N) is 5. The molecule has 1 amide bonds. The summed E-state index contributed by atoms with van der Waals surface area (Å²) in [6, 6.07) is 4.31. The maximum absolute atomic E-state index is 13.0. The zero-order valence-corrected chi connectivity index (χ0v) is 14.9. The van der Waals surface area contributed by atoms with Crippen LogP contribution < -0.4 is 15.1 Å². The molecule has 2 aromatic heterocycles. The summed E-state index contributed by atoms with van der Waals surface area (Å²) in [6.45, 7) is 3.33. The van der Waals surface area contributed by atoms with Gasteiger partial charge in [-0.05, 0) is 25.1 Å². The van der Waals surface area contributed by atoms with Gasteiger partial charge in [-0.25, -0.2) is 15.0 Å². The summed E-state index contributed by atoms with van der Waals surface area (Å²) in [6.07, 6.45) is -2.91. The van der Waals surface area contributed by atoms with E-state index in [-0.39, 0.29) is 17.5 Å². The van der Waals surface area contributed by atoms with Gasteiger partial charge < -0.3 is 15.1 Å². The number of pyridine rings is 1. The zero-order chi connectivity index (χ0) is 19.6. The zero-order valence-electron chi connectivity index (χ0n) is 14.9. The monoisotopic (exact) mass is 380 g/mol. The van der Waals surface area contributed by atoms with Gasteiger partial charge in [0.2, 0.25) is 5.95 Å². The number of nitrogens with one attached hydrogen (secondary N) is 1. The Morgan fingerprint density at radius 2 is 1.81 bits per heavy atom. The Morgan fingerprint density at radius 1 is 1.15 bits per heavy atom. The fourth-order valence-electron chi connectivity index (χ4n) is 2.92. The molecule has 3 heterocycles. The van der Waals surface area contributed by atoms with Crippen LogP contribution in [0, 0.1) is 6.92 Å². The molecule has 1 saturated heterocycles. The molecule has 3 rings (SSSR count). The summed E-state index contributed by atoms with van der Waals surface area (Å²) >= 11 is 0. The molecule has 1 aliphatic heterocycles. The van der Waals surface area contributed by atoms with Gasteiger partial charge in [0.15, 0.2) is 0 Å². The van der Waals surface area contributed by atoms with Gasteiger partial charge in [0.05, 0.1) is 5.56 Å². The number of alkyl halides is 3. The summed E-state index contributed by atoms with van der Waals surface area (Å²) in [5, 5.41) is 2.58. The molecule has 0 atom stereocenters. The molecule has 7 nitrogen and oxygen atoms in total. The number of hydrogen-bond donors (Lipinski definition) is 1. The average molecular weight is 380 g/mol. The molecule has 0 spiro atoms. The number of carbonyl (C=O) groups is 1. The molecule has 1 aliphatic rings. The van der Waals surface area contributed by atoms with Crippen LogP contribution in [0.25, 0.3) is 0 Å². The molecule has 0 aliphatic carbocycles. The molecular formula is C17H19F3N6O. The number of rotatable bonds is 3. The maximum atomic E-state index is 13.0. The fraction of sp³-hybridized carbons (Fsp3) is 0.412. The van der Waals surface area contributed by atoms with Crippen molar-refractivity contribution in [2.75, 3.05) is 43.0 Å². The minimum atomic E-state index is -4.51. The summed E-state index contributed by atoms with van der Waals surface area (Å²) in [7, 11) is 1.55. The van der Waals surface area contributed by atoms with E-state index in [2.05, 4.69) is 20.3 Å². The standard InChI is InChI=1S/C17H19F3N6O/c1-11-10-13(17(18,19)20)24-16(23-11)26-8-6-25(7-9-26)14-12(15(27)21-2)4-3-5-22-14/h3-5,10H,6-9H2,1-2H3,(H,21,27). The molecule has 0 unspecified atom stereocenters. The lowest BCUT2D eigenvalue weighted by molar-refractivity contribution is -0.141. The Labute approximate surface area is 154 Å². The number of halogens is 3. The molecule has 0 radical (unpaired) electrons. The third kappa shape index (κ3) is 4.09. The van der Waals surface area contributed by atoms with Crippen LogP contribution in [0.2, 0.25) is 0 Å². The predicted octanol–water partition coefficient (Wildman–Crippen LogP) is 1.89. The lowest BCUT2D eigenvalue weighted by Crippen LogP contribution is -2.48. The van der Waals surface area contributed by atoms with Gasteiger partial charge in [-0.3, -0.25) is 4.79 Å². The van der Waals surface area contributed by atoms with Crippen molar-refractivity contribution in [2.24, 2.45) is 0 Å². The van der Waals surface area contributed by atoms with Crippen LogP contribution in [0.3, 0.4) is 0 Å². The Morgan fingerprint density at radius 3 is 2.44 bits per heavy atom. The lowest BCUT2D eigenvalue weighted by Gasteiger charge is -2.36. The van der Waals surface area contributed by atoms with E-state index < -0.39 is 11.9 Å². The van der Waals surface area contributed by atoms with Crippen LogP contribution in [0.5, 0.6) is 0 Å². The molecular weight excluding hydrogens is 361 g/mol.